The van der Waals surface area contributed by atoms with Crippen molar-refractivity contribution in [2.24, 2.45) is 0 Å². The van der Waals surface area contributed by atoms with Crippen LogP contribution in [0.25, 0.3) is 149 Å². The Morgan fingerprint density at radius 1 is 0.202 bits per heavy atom. The highest BCUT2D eigenvalue weighted by molar-refractivity contribution is 7.00. The van der Waals surface area contributed by atoms with E-state index in [0.717, 1.165) is 134 Å². The van der Waals surface area contributed by atoms with Crippen molar-refractivity contribution in [2.45, 2.75) is 0 Å². The molecule has 21 rings (SSSR count). The molecule has 1 aromatic heterocycles. The Kier molecular flexibility index (Phi) is 13.7. The third-order valence-corrected chi connectivity index (χ3v) is 22.1. The van der Waals surface area contributed by atoms with Crippen LogP contribution < -0.4 is 26.2 Å². The van der Waals surface area contributed by atoms with Crippen molar-refractivity contribution < 1.29 is 0 Å². The van der Waals surface area contributed by atoms with Crippen LogP contribution in [0, 0.1) is 0 Å². The summed E-state index contributed by atoms with van der Waals surface area (Å²) >= 11 is 0. The monoisotopic (exact) mass is 1320 g/mol. The molecule has 104 heavy (non-hydrogen) atoms. The molecule has 0 fully saturated rings. The molecule has 2 aliphatic heterocycles. The highest BCUT2D eigenvalue weighted by Gasteiger charge is 2.46. The lowest BCUT2D eigenvalue weighted by Gasteiger charge is -2.46. The molecule has 0 saturated carbocycles. The second-order valence-electron chi connectivity index (χ2n) is 27.8. The standard InChI is InChI=1S/C100H64BN3/c1-8-27-65(28-9-1)75-51-55-92-88(61-75)101-89-62-76(80-53-49-74-48-47-72-41-26-42-73-50-54-83(80)97(74)96(72)73)52-56-93(89)104(100-86(70-37-18-6-19-38-70)59-78(67-31-12-3-13-32-67)60-87(100)71-39-20-7-21-40-71)95-64-79(102-90-45-24-22-43-81(90)82-44-23-25-46-91(82)102)63-94(98(95)101)103(92)99-84(68-33-14-4-15-34-68)57-77(66-29-10-2-11-30-66)58-85(99)69-35-16-5-17-36-69/h1-64H. The second-order valence-corrected chi connectivity index (χ2v) is 27.8. The van der Waals surface area contributed by atoms with Gasteiger partial charge in [0.2, 0.25) is 0 Å². The summed E-state index contributed by atoms with van der Waals surface area (Å²) in [5, 5.41) is 10.0. The average molecular weight is 1320 g/mol. The quantitative estimate of drug-likeness (QED) is 0.0944. The van der Waals surface area contributed by atoms with E-state index in [1.54, 1.807) is 0 Å². The smallest absolute Gasteiger partial charge is 0.252 e. The van der Waals surface area contributed by atoms with E-state index in [-0.39, 0.29) is 6.71 Å². The molecule has 0 N–H and O–H groups in total. The van der Waals surface area contributed by atoms with Gasteiger partial charge in [-0.25, -0.2) is 0 Å². The van der Waals surface area contributed by atoms with Crippen LogP contribution >= 0.6 is 0 Å². The van der Waals surface area contributed by atoms with Crippen LogP contribution in [0.15, 0.2) is 388 Å². The number of para-hydroxylation sites is 2. The van der Waals surface area contributed by atoms with Crippen LogP contribution in [0.2, 0.25) is 0 Å². The van der Waals surface area contributed by atoms with Crippen molar-refractivity contribution in [1.29, 1.82) is 0 Å². The zero-order valence-electron chi connectivity index (χ0n) is 56.9. The maximum atomic E-state index is 2.70. The number of fused-ring (bicyclic) bond motifs is 7. The lowest BCUT2D eigenvalue weighted by Crippen LogP contribution is -2.61. The molecular weight excluding hydrogens is 1250 g/mol. The van der Waals surface area contributed by atoms with E-state index in [0.29, 0.717) is 0 Å². The van der Waals surface area contributed by atoms with Crippen molar-refractivity contribution >= 4 is 111 Å². The Morgan fingerprint density at radius 3 is 1.00 bits per heavy atom. The topological polar surface area (TPSA) is 11.4 Å². The largest absolute Gasteiger partial charge is 0.310 e. The highest BCUT2D eigenvalue weighted by Crippen LogP contribution is 2.56. The van der Waals surface area contributed by atoms with E-state index < -0.39 is 0 Å². The van der Waals surface area contributed by atoms with Crippen LogP contribution in [0.4, 0.5) is 34.1 Å². The lowest BCUT2D eigenvalue weighted by molar-refractivity contribution is 1.16. The Morgan fingerprint density at radius 2 is 0.558 bits per heavy atom. The van der Waals surface area contributed by atoms with E-state index in [1.165, 1.54) is 65.0 Å². The Hall–Kier alpha value is -13.5. The number of nitrogens with zero attached hydrogens (tertiary/aromatic N) is 3. The molecule has 0 bridgehead atoms. The SMILES string of the molecule is c1ccc(-c2ccc3c(c2)B2c4cc(-c5ccc6ccc7cccc8ccc5c6c78)ccc4N(c4c(-c5ccccc5)cc(-c5ccccc5)cc4-c4ccccc4)c4cc(-n5c6ccccc6c6ccccc65)cc(c42)N3c2c(-c3ccccc3)cc(-c3ccccc3)cc2-c2ccccc2)cc1. The predicted molar refractivity (Wildman–Crippen MR) is 442 cm³/mol. The maximum absolute atomic E-state index is 2.70. The molecule has 482 valence electrons. The summed E-state index contributed by atoms with van der Waals surface area (Å²) in [6.07, 6.45) is 0. The Labute approximate surface area is 604 Å². The fourth-order valence-corrected chi connectivity index (χ4v) is 17.5. The van der Waals surface area contributed by atoms with E-state index in [2.05, 4.69) is 403 Å². The first-order chi connectivity index (χ1) is 51.6. The molecule has 0 radical (unpaired) electrons. The number of hydrogen-bond donors (Lipinski definition) is 0. The van der Waals surface area contributed by atoms with Gasteiger partial charge in [0, 0.05) is 55.8 Å². The van der Waals surface area contributed by atoms with E-state index >= 15 is 0 Å². The normalized spacial score (nSPS) is 12.4. The van der Waals surface area contributed by atoms with Gasteiger partial charge in [-0.3, -0.25) is 0 Å². The molecule has 0 spiro atoms. The molecule has 2 aliphatic rings. The molecule has 0 unspecified atom stereocenters. The number of anilines is 6. The molecule has 19 aromatic rings. The second kappa shape index (κ2) is 24.1. The van der Waals surface area contributed by atoms with Gasteiger partial charge in [0.1, 0.15) is 0 Å². The van der Waals surface area contributed by atoms with Gasteiger partial charge < -0.3 is 14.4 Å². The fraction of sp³-hybridized carbons (Fsp3) is 0. The van der Waals surface area contributed by atoms with Crippen molar-refractivity contribution in [3.05, 3.63) is 388 Å². The molecule has 4 heteroatoms. The fourth-order valence-electron chi connectivity index (χ4n) is 17.5. The zero-order valence-corrected chi connectivity index (χ0v) is 56.9. The molecule has 3 nitrogen and oxygen atoms in total. The number of hydrogen-bond acceptors (Lipinski definition) is 2. The number of rotatable bonds is 11. The van der Waals surface area contributed by atoms with Crippen LogP contribution in [0.5, 0.6) is 0 Å². The Bertz CT molecular complexity index is 6370. The summed E-state index contributed by atoms with van der Waals surface area (Å²) in [4.78, 5) is 5.40. The predicted octanol–water partition coefficient (Wildman–Crippen LogP) is 25.1. The third-order valence-electron chi connectivity index (χ3n) is 22.1. The van der Waals surface area contributed by atoms with Crippen LogP contribution in [-0.4, -0.2) is 11.3 Å². The van der Waals surface area contributed by atoms with Crippen molar-refractivity contribution in [3.8, 4) is 94.7 Å². The first kappa shape index (κ1) is 59.3. The minimum atomic E-state index is -0.305. The molecule has 18 aromatic carbocycles. The highest BCUT2D eigenvalue weighted by atomic mass is 15.2. The minimum Gasteiger partial charge on any atom is -0.310 e. The lowest BCUT2D eigenvalue weighted by atomic mass is 9.33. The van der Waals surface area contributed by atoms with Gasteiger partial charge in [-0.2, -0.15) is 0 Å². The molecule has 0 saturated heterocycles. The first-order valence-corrected chi connectivity index (χ1v) is 36.1. The summed E-state index contributed by atoms with van der Waals surface area (Å²) in [5.74, 6) is 0. The minimum absolute atomic E-state index is 0.305. The summed E-state index contributed by atoms with van der Waals surface area (Å²) < 4.78 is 2.54. The number of aromatic nitrogens is 1. The van der Waals surface area contributed by atoms with Crippen LogP contribution in [0.1, 0.15) is 0 Å². The molecular formula is C100H64BN3. The molecule has 0 atom stereocenters. The summed E-state index contributed by atoms with van der Waals surface area (Å²) in [5.41, 5.74) is 31.8. The zero-order chi connectivity index (χ0) is 68.3. The van der Waals surface area contributed by atoms with Gasteiger partial charge in [-0.15, -0.1) is 0 Å². The van der Waals surface area contributed by atoms with Gasteiger partial charge in [-0.1, -0.05) is 328 Å². The molecule has 0 aliphatic carbocycles. The Balaban J connectivity index is 0.963. The molecule has 0 amide bonds. The molecule has 3 heterocycles. The van der Waals surface area contributed by atoms with E-state index in [4.69, 9.17) is 0 Å². The van der Waals surface area contributed by atoms with Gasteiger partial charge in [0.25, 0.3) is 6.71 Å². The van der Waals surface area contributed by atoms with Gasteiger partial charge in [0.05, 0.1) is 28.1 Å². The van der Waals surface area contributed by atoms with Crippen molar-refractivity contribution in [3.63, 3.8) is 0 Å². The van der Waals surface area contributed by atoms with E-state index in [9.17, 15) is 0 Å². The average Bonchev–Trinajstić information content (AvgIpc) is 0.785. The third kappa shape index (κ3) is 9.46. The summed E-state index contributed by atoms with van der Waals surface area (Å²) in [6.45, 7) is -0.305. The van der Waals surface area contributed by atoms with Gasteiger partial charge >= 0.3 is 0 Å². The van der Waals surface area contributed by atoms with Gasteiger partial charge in [-0.05, 0) is 176 Å². The van der Waals surface area contributed by atoms with Crippen molar-refractivity contribution in [2.75, 3.05) is 9.80 Å². The maximum Gasteiger partial charge on any atom is 0.252 e. The summed E-state index contributed by atoms with van der Waals surface area (Å²) in [6, 6.07) is 146. The first-order valence-electron chi connectivity index (χ1n) is 36.1. The number of benzene rings is 18. The van der Waals surface area contributed by atoms with Gasteiger partial charge in [0.15, 0.2) is 0 Å². The van der Waals surface area contributed by atoms with E-state index in [1.807, 2.05) is 0 Å². The van der Waals surface area contributed by atoms with Crippen molar-refractivity contribution in [1.82, 2.24) is 4.57 Å². The van der Waals surface area contributed by atoms with Crippen LogP contribution in [0.3, 0.4) is 0 Å². The summed E-state index contributed by atoms with van der Waals surface area (Å²) in [7, 11) is 0. The van der Waals surface area contributed by atoms with Crippen LogP contribution in [-0.2, 0) is 0 Å².